The van der Waals surface area contributed by atoms with Crippen molar-refractivity contribution >= 4 is 54.3 Å². The largest absolute Gasteiger partial charge is 0.455 e. The fourth-order valence-corrected chi connectivity index (χ4v) is 7.38. The van der Waals surface area contributed by atoms with Crippen LogP contribution in [0, 0.1) is 0 Å². The molecule has 0 saturated heterocycles. The van der Waals surface area contributed by atoms with Gasteiger partial charge in [-0.25, -0.2) is 0 Å². The Bertz CT molecular complexity index is 3300. The van der Waals surface area contributed by atoms with Crippen LogP contribution in [-0.2, 0) is 0 Å². The van der Waals surface area contributed by atoms with Crippen LogP contribution in [0.1, 0.15) is 12.3 Å². The molecule has 0 radical (unpaired) electrons. The molecule has 1 heterocycles. The van der Waals surface area contributed by atoms with Crippen LogP contribution in [0.2, 0.25) is 0 Å². The van der Waals surface area contributed by atoms with Crippen LogP contribution in [0.5, 0.6) is 0 Å². The van der Waals surface area contributed by atoms with Crippen LogP contribution in [0.25, 0.3) is 98.8 Å². The molecule has 9 aromatic carbocycles. The molecule has 0 aliphatic heterocycles. The number of hydrogen-bond donors (Lipinski definition) is 0. The molecule has 0 amide bonds. The fraction of sp³-hybridized carbons (Fsp3) is 0. The van der Waals surface area contributed by atoms with Crippen molar-refractivity contribution in [2.24, 2.45) is 0 Å². The van der Waals surface area contributed by atoms with Gasteiger partial charge in [0.1, 0.15) is 11.2 Å². The molecule has 0 aliphatic carbocycles. The molecule has 0 fully saturated rings. The molecule has 0 N–H and O–H groups in total. The second-order valence-corrected chi connectivity index (χ2v) is 12.1. The van der Waals surface area contributed by atoms with Gasteiger partial charge < -0.3 is 4.42 Å². The van der Waals surface area contributed by atoms with Gasteiger partial charge in [-0.05, 0) is 89.6 Å². The first kappa shape index (κ1) is 20.0. The fourth-order valence-electron chi connectivity index (χ4n) is 7.38. The van der Waals surface area contributed by atoms with Crippen LogP contribution in [0.3, 0.4) is 0 Å². The van der Waals surface area contributed by atoms with E-state index in [2.05, 4.69) is 36.4 Å². The molecule has 49 heavy (non-hydrogen) atoms. The van der Waals surface area contributed by atoms with Crippen molar-refractivity contribution < 1.29 is 16.8 Å². The van der Waals surface area contributed by atoms with Crippen molar-refractivity contribution in [3.63, 3.8) is 0 Å². The van der Waals surface area contributed by atoms with Gasteiger partial charge in [0.2, 0.25) is 0 Å². The third-order valence-electron chi connectivity index (χ3n) is 9.47. The lowest BCUT2D eigenvalue weighted by Crippen LogP contribution is -1.92. The Morgan fingerprint density at radius 1 is 0.347 bits per heavy atom. The van der Waals surface area contributed by atoms with Gasteiger partial charge in [0, 0.05) is 16.2 Å². The van der Waals surface area contributed by atoms with Crippen molar-refractivity contribution in [3.05, 3.63) is 182 Å². The maximum Gasteiger partial charge on any atom is 0.143 e. The Hall–Kier alpha value is -6.44. The molecule has 1 nitrogen and oxygen atoms in total. The maximum absolute atomic E-state index is 9.35. The van der Waals surface area contributed by atoms with Crippen LogP contribution in [0.4, 0.5) is 0 Å². The summed E-state index contributed by atoms with van der Waals surface area (Å²) in [4.78, 5) is 0. The lowest BCUT2D eigenvalue weighted by Gasteiger charge is -2.19. The van der Waals surface area contributed by atoms with Crippen LogP contribution in [0.15, 0.2) is 186 Å². The summed E-state index contributed by atoms with van der Waals surface area (Å²) < 4.78 is 85.5. The Balaban J connectivity index is 1.31. The van der Waals surface area contributed by atoms with Crippen LogP contribution >= 0.6 is 0 Å². The average Bonchev–Trinajstić information content (AvgIpc) is 3.63. The van der Waals surface area contributed by atoms with E-state index in [0.29, 0.717) is 16.3 Å². The first-order chi connectivity index (χ1) is 28.1. The third-order valence-corrected chi connectivity index (χ3v) is 9.47. The second kappa shape index (κ2) is 11.1. The topological polar surface area (TPSA) is 13.1 Å². The molecule has 0 spiro atoms. The summed E-state index contributed by atoms with van der Waals surface area (Å²) in [6.45, 7) is 0. The Morgan fingerprint density at radius 2 is 0.918 bits per heavy atom. The average molecular weight is 632 g/mol. The molecule has 10 aromatic rings. The van der Waals surface area contributed by atoms with E-state index in [1.54, 1.807) is 0 Å². The first-order valence-electron chi connectivity index (χ1n) is 20.6. The highest BCUT2D eigenvalue weighted by molar-refractivity contribution is 6.24. The Kier molecular flexibility index (Phi) is 4.53. The molecule has 1 heteroatoms. The highest BCUT2D eigenvalue weighted by Crippen LogP contribution is 2.47. The zero-order valence-electron chi connectivity index (χ0n) is 35.0. The minimum absolute atomic E-state index is 0.0556. The van der Waals surface area contributed by atoms with Gasteiger partial charge in [0.25, 0.3) is 0 Å². The van der Waals surface area contributed by atoms with Gasteiger partial charge >= 0.3 is 0 Å². The summed E-state index contributed by atoms with van der Waals surface area (Å²) in [5.41, 5.74) is 5.62. The maximum atomic E-state index is 9.35. The number of hydrogen-bond acceptors (Lipinski definition) is 1. The number of rotatable bonds is 4. The summed E-state index contributed by atoms with van der Waals surface area (Å²) in [5.74, 6) is 0. The van der Waals surface area contributed by atoms with Crippen LogP contribution < -0.4 is 0 Å². The molecule has 0 bridgehead atoms. The molecule has 0 atom stereocenters. The Morgan fingerprint density at radius 3 is 1.61 bits per heavy atom. The molecular weight excluding hydrogens is 593 g/mol. The first-order valence-corrected chi connectivity index (χ1v) is 16.1. The van der Waals surface area contributed by atoms with E-state index in [0.717, 1.165) is 65.7 Å². The molecule has 228 valence electrons. The summed E-state index contributed by atoms with van der Waals surface area (Å²) in [7, 11) is 0. The predicted molar refractivity (Wildman–Crippen MR) is 208 cm³/mol. The summed E-state index contributed by atoms with van der Waals surface area (Å²) in [6, 6.07) is 37.5. The van der Waals surface area contributed by atoms with Crippen molar-refractivity contribution in [2.45, 2.75) is 0 Å². The lowest BCUT2D eigenvalue weighted by atomic mass is 9.83. The van der Waals surface area contributed by atoms with E-state index in [1.165, 1.54) is 0 Å². The van der Waals surface area contributed by atoms with Gasteiger partial charge in [-0.15, -0.1) is 0 Å². The summed E-state index contributed by atoms with van der Waals surface area (Å²) >= 11 is 0. The summed E-state index contributed by atoms with van der Waals surface area (Å²) in [6.07, 6.45) is 0. The van der Waals surface area contributed by atoms with E-state index in [1.807, 2.05) is 91.0 Å². The smallest absolute Gasteiger partial charge is 0.143 e. The Labute approximate surface area is 297 Å². The van der Waals surface area contributed by atoms with Crippen molar-refractivity contribution in [2.75, 3.05) is 0 Å². The molecule has 0 unspecified atom stereocenters. The lowest BCUT2D eigenvalue weighted by molar-refractivity contribution is 0.673. The number of fused-ring (bicyclic) bond motifs is 7. The van der Waals surface area contributed by atoms with Gasteiger partial charge in [-0.2, -0.15) is 0 Å². The highest BCUT2D eigenvalue weighted by atomic mass is 16.3. The van der Waals surface area contributed by atoms with E-state index in [9.17, 15) is 1.37 Å². The van der Waals surface area contributed by atoms with Gasteiger partial charge in [0.05, 0.1) is 12.3 Å². The molecule has 10 rings (SSSR count). The monoisotopic (exact) mass is 631 g/mol. The molecule has 0 saturated carbocycles. The standard InChI is InChI=1S/C48H30O/c1-3-15-31(16-4-1)34-19-7-9-21-36(34)47-39-24-12-10-22-37(39)46(38-23-11-13-25-40(38)47)33-27-28-45-43(29-33)44-30-42(32-17-5-2-6-18-32)35-20-8-14-26-41(35)48(44)49-45/h1-30H/i1D,3D,4D,7D,9D,15D,16D,19D,21D. The SMILES string of the molecule is [2H]c1c([2H])c([2H])c(-c2c([2H])c([2H])c([2H])c([2H])c2-c2c3ccccc3c(-c3ccc4oc5c6ccccc6c(-c6ccccc6)cc5c4c3)c3ccccc23)c([2H])c1[2H]. The summed E-state index contributed by atoms with van der Waals surface area (Å²) in [5, 5.41) is 6.97. The minimum atomic E-state index is -0.592. The normalized spacial score (nSPS) is 14.2. The predicted octanol–water partition coefficient (Wildman–Crippen LogP) is 13.7. The second-order valence-electron chi connectivity index (χ2n) is 12.1. The quantitative estimate of drug-likeness (QED) is 0.176. The highest BCUT2D eigenvalue weighted by Gasteiger charge is 2.20. The molecule has 1 aromatic heterocycles. The van der Waals surface area contributed by atoms with Crippen molar-refractivity contribution in [1.29, 1.82) is 0 Å². The van der Waals surface area contributed by atoms with Crippen molar-refractivity contribution in [1.82, 2.24) is 0 Å². The van der Waals surface area contributed by atoms with Crippen LogP contribution in [-0.4, -0.2) is 0 Å². The van der Waals surface area contributed by atoms with Crippen molar-refractivity contribution in [3.8, 4) is 44.5 Å². The van der Waals surface area contributed by atoms with E-state index in [4.69, 9.17) is 15.4 Å². The minimum Gasteiger partial charge on any atom is -0.455 e. The van der Waals surface area contributed by atoms with E-state index < -0.39 is 48.3 Å². The zero-order valence-corrected chi connectivity index (χ0v) is 26.0. The van der Waals surface area contributed by atoms with Gasteiger partial charge in [0.15, 0.2) is 0 Å². The number of furan rings is 1. The van der Waals surface area contributed by atoms with Gasteiger partial charge in [-0.1, -0.05) is 164 Å². The van der Waals surface area contributed by atoms with Gasteiger partial charge in [-0.3, -0.25) is 0 Å². The van der Waals surface area contributed by atoms with E-state index >= 15 is 0 Å². The van der Waals surface area contributed by atoms with E-state index in [-0.39, 0.29) is 22.7 Å². The molecular formula is C48H30O. The zero-order chi connectivity index (χ0) is 40.1. The number of benzene rings is 9. The molecule has 0 aliphatic rings. The third kappa shape index (κ3) is 4.33.